The van der Waals surface area contributed by atoms with Gasteiger partial charge in [-0.3, -0.25) is 19.2 Å². The molecule has 0 aliphatic rings. The lowest BCUT2D eigenvalue weighted by molar-refractivity contribution is -0.120. The van der Waals surface area contributed by atoms with Crippen LogP contribution in [0.25, 0.3) is 20.4 Å². The molecule has 0 aliphatic heterocycles. The Bertz CT molecular complexity index is 2830. The Kier molecular flexibility index (Phi) is 12.2. The smallest absolute Gasteiger partial charge is 0.254 e. The van der Waals surface area contributed by atoms with Gasteiger partial charge in [-0.05, 0) is 104 Å². The number of likely N-dealkylation sites (N-methyl/N-ethyl adjacent to an activating group) is 2. The number of thiazole rings is 2. The van der Waals surface area contributed by atoms with Gasteiger partial charge in [0.25, 0.3) is 11.8 Å². The molecular weight excluding hydrogens is 836 g/mol. The van der Waals surface area contributed by atoms with Crippen molar-refractivity contribution in [1.82, 2.24) is 20.6 Å². The molecule has 0 unspecified atom stereocenters. The largest absolute Gasteiger partial charge is 0.340 e. The Morgan fingerprint density at radius 2 is 1.00 bits per heavy atom. The van der Waals surface area contributed by atoms with Crippen LogP contribution in [0.3, 0.4) is 0 Å². The topological polar surface area (TPSA) is 125 Å². The number of nitrogens with zero attached hydrogens (tertiary/aromatic N) is 4. The molecule has 0 saturated heterocycles. The molecule has 312 valence electrons. The van der Waals surface area contributed by atoms with E-state index in [0.717, 1.165) is 61.9 Å². The average Bonchev–Trinajstić information content (AvgIpc) is 3.77. The zero-order valence-electron chi connectivity index (χ0n) is 32.9. The van der Waals surface area contributed by atoms with Crippen LogP contribution in [0.4, 0.5) is 33.3 Å². The number of carbonyl (C=O) groups is 4. The highest BCUT2D eigenvalue weighted by Gasteiger charge is 2.30. The van der Waals surface area contributed by atoms with Gasteiger partial charge in [-0.25, -0.2) is 31.9 Å². The minimum atomic E-state index is -1.50. The van der Waals surface area contributed by atoms with Gasteiger partial charge in [0, 0.05) is 56.0 Å². The van der Waals surface area contributed by atoms with E-state index in [1.165, 1.54) is 46.6 Å². The third kappa shape index (κ3) is 9.74. The molecule has 7 rings (SSSR count). The number of hydrogen-bond acceptors (Lipinski definition) is 8. The number of amides is 4. The molecule has 17 heteroatoms. The van der Waals surface area contributed by atoms with Crippen molar-refractivity contribution in [3.8, 4) is 0 Å². The number of carbonyl (C=O) groups excluding carboxylic acids is 4. The van der Waals surface area contributed by atoms with E-state index in [9.17, 15) is 36.7 Å². The van der Waals surface area contributed by atoms with Crippen molar-refractivity contribution in [3.05, 3.63) is 152 Å². The Labute approximate surface area is 353 Å². The summed E-state index contributed by atoms with van der Waals surface area (Å²) in [4.78, 5) is 67.2. The Hall–Kier alpha value is -6.59. The fourth-order valence-electron chi connectivity index (χ4n) is 6.85. The van der Waals surface area contributed by atoms with Gasteiger partial charge in [0.15, 0.2) is 0 Å². The summed E-state index contributed by atoms with van der Waals surface area (Å²) < 4.78 is 74.3. The monoisotopic (exact) mass is 870 g/mol. The van der Waals surface area contributed by atoms with Crippen molar-refractivity contribution in [2.24, 2.45) is 0 Å². The summed E-state index contributed by atoms with van der Waals surface area (Å²) in [5.41, 5.74) is 1.19. The number of benzene rings is 5. The SMILES string of the molecule is Cc1nc2cc(N(C)C(=O)[C@H](Cc3cc(F)cc(F)c3)NC(=O)c3ccc(F)c(C(=O)N[C@@H](Cc4cc(F)cc(F)c4)C(=O)N(C)c4ccc5sc(C)nc5c4)c3)ccc2s1. The molecule has 61 heavy (non-hydrogen) atoms. The van der Waals surface area contributed by atoms with Gasteiger partial charge >= 0.3 is 0 Å². The van der Waals surface area contributed by atoms with Crippen LogP contribution in [0.1, 0.15) is 41.9 Å². The zero-order chi connectivity index (χ0) is 43.7. The standard InChI is InChI=1S/C44H35F5N6O4S2/c1-22-50-35-20-31(6-9-39(35)60-22)54(3)43(58)37(15-24-11-27(45)18-28(46)12-24)52-41(56)26-5-8-34(49)33(17-26)42(57)53-38(16-25-13-29(47)19-30(48)14-25)44(59)55(4)32-7-10-40-36(21-32)51-23(2)61-40/h5-14,17-21,37-38H,15-16H2,1-4H3,(H,52,56)(H,53,57)/t37-,38-/m0/s1. The summed E-state index contributed by atoms with van der Waals surface area (Å²) in [5.74, 6) is -8.21. The minimum absolute atomic E-state index is 0.0178. The van der Waals surface area contributed by atoms with E-state index in [1.54, 1.807) is 36.4 Å². The Balaban J connectivity index is 1.16. The number of nitrogens with one attached hydrogen (secondary N) is 2. The maximum Gasteiger partial charge on any atom is 0.254 e. The van der Waals surface area contributed by atoms with E-state index in [-0.39, 0.29) is 23.1 Å². The molecule has 0 spiro atoms. The maximum atomic E-state index is 15.5. The summed E-state index contributed by atoms with van der Waals surface area (Å²) in [6.45, 7) is 3.67. The first-order valence-electron chi connectivity index (χ1n) is 18.6. The lowest BCUT2D eigenvalue weighted by Gasteiger charge is -2.26. The average molecular weight is 871 g/mol. The maximum absolute atomic E-state index is 15.5. The molecule has 2 aromatic heterocycles. The zero-order valence-corrected chi connectivity index (χ0v) is 34.5. The molecule has 0 fully saturated rings. The van der Waals surface area contributed by atoms with Crippen LogP contribution in [0, 0.1) is 42.9 Å². The molecule has 5 aromatic carbocycles. The second-order valence-electron chi connectivity index (χ2n) is 14.3. The van der Waals surface area contributed by atoms with Gasteiger partial charge in [0.05, 0.1) is 36.0 Å². The van der Waals surface area contributed by atoms with Crippen LogP contribution < -0.4 is 20.4 Å². The normalized spacial score (nSPS) is 12.3. The second kappa shape index (κ2) is 17.6. The summed E-state index contributed by atoms with van der Waals surface area (Å²) >= 11 is 2.92. The van der Waals surface area contributed by atoms with E-state index in [0.29, 0.717) is 34.5 Å². The molecule has 0 bridgehead atoms. The molecule has 2 N–H and O–H groups in total. The number of aryl methyl sites for hydroxylation is 2. The molecule has 7 aromatic rings. The molecule has 0 aliphatic carbocycles. The van der Waals surface area contributed by atoms with Crippen LogP contribution in [-0.2, 0) is 22.4 Å². The summed E-state index contributed by atoms with van der Waals surface area (Å²) in [6, 6.07) is 15.5. The highest BCUT2D eigenvalue weighted by Crippen LogP contribution is 2.28. The van der Waals surface area contributed by atoms with Gasteiger partial charge in [-0.15, -0.1) is 22.7 Å². The van der Waals surface area contributed by atoms with Gasteiger partial charge < -0.3 is 20.4 Å². The number of halogens is 5. The van der Waals surface area contributed by atoms with E-state index in [2.05, 4.69) is 20.6 Å². The number of rotatable bonds is 12. The van der Waals surface area contributed by atoms with E-state index < -0.39 is 76.8 Å². The predicted octanol–water partition coefficient (Wildman–Crippen LogP) is 8.23. The number of hydrogen-bond donors (Lipinski definition) is 2. The van der Waals surface area contributed by atoms with Crippen molar-refractivity contribution in [1.29, 1.82) is 0 Å². The van der Waals surface area contributed by atoms with Gasteiger partial charge in [0.2, 0.25) is 11.8 Å². The van der Waals surface area contributed by atoms with Crippen LogP contribution in [-0.4, -0.2) is 59.8 Å². The van der Waals surface area contributed by atoms with Crippen molar-refractivity contribution in [3.63, 3.8) is 0 Å². The summed E-state index contributed by atoms with van der Waals surface area (Å²) in [6.07, 6.45) is -0.764. The van der Waals surface area contributed by atoms with E-state index in [1.807, 2.05) is 13.8 Å². The third-order valence-corrected chi connectivity index (χ3v) is 11.7. The second-order valence-corrected chi connectivity index (χ2v) is 16.7. The Morgan fingerprint density at radius 3 is 1.44 bits per heavy atom. The first-order chi connectivity index (χ1) is 29.0. The fraction of sp³-hybridized carbons (Fsp3) is 0.182. The van der Waals surface area contributed by atoms with Gasteiger partial charge in [0.1, 0.15) is 41.2 Å². The summed E-state index contributed by atoms with van der Waals surface area (Å²) in [5, 5.41) is 6.65. The highest BCUT2D eigenvalue weighted by molar-refractivity contribution is 7.18. The van der Waals surface area contributed by atoms with Crippen LogP contribution >= 0.6 is 22.7 Å². The van der Waals surface area contributed by atoms with Crippen molar-refractivity contribution in [2.45, 2.75) is 38.8 Å². The highest BCUT2D eigenvalue weighted by atomic mass is 32.1. The molecule has 10 nitrogen and oxygen atoms in total. The molecule has 2 heterocycles. The molecular formula is C44H35F5N6O4S2. The number of fused-ring (bicyclic) bond motifs is 2. The van der Waals surface area contributed by atoms with E-state index >= 15 is 4.39 Å². The quantitative estimate of drug-likeness (QED) is 0.119. The number of aromatic nitrogens is 2. The third-order valence-electron chi connectivity index (χ3n) is 9.80. The van der Waals surface area contributed by atoms with Crippen LogP contribution in [0.2, 0.25) is 0 Å². The first kappa shape index (κ1) is 42.5. The first-order valence-corrected chi connectivity index (χ1v) is 20.3. The lowest BCUT2D eigenvalue weighted by atomic mass is 10.0. The van der Waals surface area contributed by atoms with Crippen LogP contribution in [0.5, 0.6) is 0 Å². The van der Waals surface area contributed by atoms with E-state index in [4.69, 9.17) is 0 Å². The number of anilines is 2. The van der Waals surface area contributed by atoms with Gasteiger partial charge in [-0.1, -0.05) is 0 Å². The molecule has 2 atom stereocenters. The Morgan fingerprint density at radius 1 is 0.574 bits per heavy atom. The minimum Gasteiger partial charge on any atom is -0.340 e. The van der Waals surface area contributed by atoms with Crippen molar-refractivity contribution < 1.29 is 41.1 Å². The fourth-order valence-corrected chi connectivity index (χ4v) is 8.46. The van der Waals surface area contributed by atoms with Gasteiger partial charge in [-0.2, -0.15) is 0 Å². The molecule has 0 saturated carbocycles. The lowest BCUT2D eigenvalue weighted by Crippen LogP contribution is -2.49. The summed E-state index contributed by atoms with van der Waals surface area (Å²) in [7, 11) is 2.89. The van der Waals surface area contributed by atoms with Crippen molar-refractivity contribution >= 4 is 78.1 Å². The van der Waals surface area contributed by atoms with Crippen LogP contribution in [0.15, 0.2) is 91.0 Å². The molecule has 4 amide bonds. The molecule has 0 radical (unpaired) electrons. The predicted molar refractivity (Wildman–Crippen MR) is 225 cm³/mol. The van der Waals surface area contributed by atoms with Crippen molar-refractivity contribution in [2.75, 3.05) is 23.9 Å².